The van der Waals surface area contributed by atoms with Crippen LogP contribution < -0.4 is 14.8 Å². The SMILES string of the molecule is COc1ccc(Nc2ccnc3ccc(Cl)cc23)c(OC)c1. The molecule has 0 saturated heterocycles. The normalized spacial score (nSPS) is 10.5. The molecule has 0 bridgehead atoms. The number of methoxy groups -OCH3 is 2. The molecule has 0 spiro atoms. The van der Waals surface area contributed by atoms with E-state index in [9.17, 15) is 0 Å². The highest BCUT2D eigenvalue weighted by Gasteiger charge is 2.08. The van der Waals surface area contributed by atoms with E-state index in [-0.39, 0.29) is 0 Å². The number of nitrogens with one attached hydrogen (secondary N) is 1. The highest BCUT2D eigenvalue weighted by atomic mass is 35.5. The number of aromatic nitrogens is 1. The van der Waals surface area contributed by atoms with Gasteiger partial charge in [0.25, 0.3) is 0 Å². The van der Waals surface area contributed by atoms with Gasteiger partial charge in [-0.25, -0.2) is 0 Å². The minimum absolute atomic E-state index is 0.672. The van der Waals surface area contributed by atoms with Crippen LogP contribution in [0.1, 0.15) is 0 Å². The number of pyridine rings is 1. The molecule has 0 unspecified atom stereocenters. The van der Waals surface area contributed by atoms with E-state index in [4.69, 9.17) is 21.1 Å². The highest BCUT2D eigenvalue weighted by molar-refractivity contribution is 6.31. The second-order valence-corrected chi connectivity index (χ2v) is 5.15. The Kier molecular flexibility index (Phi) is 4.02. The van der Waals surface area contributed by atoms with E-state index in [1.54, 1.807) is 20.4 Å². The van der Waals surface area contributed by atoms with Gasteiger partial charge in [0.1, 0.15) is 11.5 Å². The van der Waals surface area contributed by atoms with Crippen LogP contribution in [0.15, 0.2) is 48.7 Å². The molecule has 22 heavy (non-hydrogen) atoms. The van der Waals surface area contributed by atoms with Crippen molar-refractivity contribution in [2.24, 2.45) is 0 Å². The number of anilines is 2. The predicted octanol–water partition coefficient (Wildman–Crippen LogP) is 4.65. The van der Waals surface area contributed by atoms with Gasteiger partial charge in [-0.05, 0) is 36.4 Å². The second-order valence-electron chi connectivity index (χ2n) is 4.71. The first-order valence-corrected chi connectivity index (χ1v) is 7.12. The van der Waals surface area contributed by atoms with Gasteiger partial charge >= 0.3 is 0 Å². The molecule has 0 aliphatic rings. The lowest BCUT2D eigenvalue weighted by molar-refractivity contribution is 0.395. The largest absolute Gasteiger partial charge is 0.497 e. The minimum atomic E-state index is 0.672. The van der Waals surface area contributed by atoms with E-state index in [0.29, 0.717) is 10.8 Å². The van der Waals surface area contributed by atoms with Gasteiger partial charge in [0.2, 0.25) is 0 Å². The summed E-state index contributed by atoms with van der Waals surface area (Å²) in [6, 6.07) is 13.1. The van der Waals surface area contributed by atoms with Crippen LogP contribution >= 0.6 is 11.6 Å². The van der Waals surface area contributed by atoms with Crippen molar-refractivity contribution in [2.75, 3.05) is 19.5 Å². The Labute approximate surface area is 133 Å². The summed E-state index contributed by atoms with van der Waals surface area (Å²) in [4.78, 5) is 4.34. The van der Waals surface area contributed by atoms with E-state index in [0.717, 1.165) is 28.0 Å². The summed E-state index contributed by atoms with van der Waals surface area (Å²) in [6.45, 7) is 0. The Morgan fingerprint density at radius 1 is 0.955 bits per heavy atom. The molecule has 1 heterocycles. The number of nitrogens with zero attached hydrogens (tertiary/aromatic N) is 1. The fraction of sp³-hybridized carbons (Fsp3) is 0.118. The second kappa shape index (κ2) is 6.12. The van der Waals surface area contributed by atoms with Crippen molar-refractivity contribution in [1.29, 1.82) is 0 Å². The zero-order valence-corrected chi connectivity index (χ0v) is 13.0. The maximum Gasteiger partial charge on any atom is 0.145 e. The van der Waals surface area contributed by atoms with Crippen molar-refractivity contribution in [3.63, 3.8) is 0 Å². The summed E-state index contributed by atoms with van der Waals surface area (Å²) < 4.78 is 10.6. The molecule has 3 rings (SSSR count). The molecule has 5 heteroatoms. The van der Waals surface area contributed by atoms with Gasteiger partial charge in [-0.1, -0.05) is 11.6 Å². The quantitative estimate of drug-likeness (QED) is 0.761. The summed E-state index contributed by atoms with van der Waals surface area (Å²) in [7, 11) is 3.25. The van der Waals surface area contributed by atoms with Crippen LogP contribution in [0.25, 0.3) is 10.9 Å². The van der Waals surface area contributed by atoms with Crippen LogP contribution in [-0.4, -0.2) is 19.2 Å². The molecule has 1 aromatic heterocycles. The Morgan fingerprint density at radius 3 is 2.59 bits per heavy atom. The third-order valence-corrected chi connectivity index (χ3v) is 3.62. The summed E-state index contributed by atoms with van der Waals surface area (Å²) >= 11 is 6.09. The maximum atomic E-state index is 6.09. The van der Waals surface area contributed by atoms with Gasteiger partial charge in [-0.3, -0.25) is 4.98 Å². The van der Waals surface area contributed by atoms with E-state index < -0.39 is 0 Å². The average molecular weight is 315 g/mol. The van der Waals surface area contributed by atoms with E-state index >= 15 is 0 Å². The molecular weight excluding hydrogens is 300 g/mol. The Morgan fingerprint density at radius 2 is 1.82 bits per heavy atom. The van der Waals surface area contributed by atoms with Crippen LogP contribution in [0.5, 0.6) is 11.5 Å². The van der Waals surface area contributed by atoms with Crippen LogP contribution in [0.4, 0.5) is 11.4 Å². The van der Waals surface area contributed by atoms with Crippen LogP contribution in [0.3, 0.4) is 0 Å². The van der Waals surface area contributed by atoms with Crippen molar-refractivity contribution in [1.82, 2.24) is 4.98 Å². The molecule has 0 atom stereocenters. The number of halogens is 1. The van der Waals surface area contributed by atoms with E-state index in [2.05, 4.69) is 10.3 Å². The van der Waals surface area contributed by atoms with E-state index in [1.165, 1.54) is 0 Å². The van der Waals surface area contributed by atoms with Crippen LogP contribution in [0, 0.1) is 0 Å². The highest BCUT2D eigenvalue weighted by Crippen LogP contribution is 2.34. The molecular formula is C17H15ClN2O2. The fourth-order valence-electron chi connectivity index (χ4n) is 2.27. The topological polar surface area (TPSA) is 43.4 Å². The summed E-state index contributed by atoms with van der Waals surface area (Å²) in [5.41, 5.74) is 2.63. The molecule has 1 N–H and O–H groups in total. The summed E-state index contributed by atoms with van der Waals surface area (Å²) in [5, 5.41) is 4.99. The first-order valence-electron chi connectivity index (χ1n) is 6.74. The van der Waals surface area contributed by atoms with Crippen LogP contribution in [0.2, 0.25) is 5.02 Å². The molecule has 0 aliphatic carbocycles. The standard InChI is InChI=1S/C17H15ClN2O2/c1-21-12-4-6-16(17(10-12)22-2)20-15-7-8-19-14-5-3-11(18)9-13(14)15/h3-10H,1-2H3,(H,19,20). The minimum Gasteiger partial charge on any atom is -0.497 e. The lowest BCUT2D eigenvalue weighted by Crippen LogP contribution is -1.96. The van der Waals surface area contributed by atoms with Gasteiger partial charge in [0, 0.05) is 28.4 Å². The molecule has 0 saturated carbocycles. The molecule has 112 valence electrons. The lowest BCUT2D eigenvalue weighted by atomic mass is 10.1. The third-order valence-electron chi connectivity index (χ3n) is 3.38. The smallest absolute Gasteiger partial charge is 0.145 e. The van der Waals surface area contributed by atoms with Crippen molar-refractivity contribution in [3.05, 3.63) is 53.7 Å². The van der Waals surface area contributed by atoms with Crippen LogP contribution in [-0.2, 0) is 0 Å². The average Bonchev–Trinajstić information content (AvgIpc) is 2.55. The molecule has 0 radical (unpaired) electrons. The third kappa shape index (κ3) is 2.78. The van der Waals surface area contributed by atoms with Crippen molar-refractivity contribution < 1.29 is 9.47 Å². The first kappa shape index (κ1) is 14.5. The van der Waals surface area contributed by atoms with Crippen molar-refractivity contribution in [2.45, 2.75) is 0 Å². The Bertz CT molecular complexity index is 821. The number of benzene rings is 2. The zero-order valence-electron chi connectivity index (χ0n) is 12.3. The number of fused-ring (bicyclic) bond motifs is 1. The van der Waals surface area contributed by atoms with Gasteiger partial charge in [0.15, 0.2) is 0 Å². The van der Waals surface area contributed by atoms with Gasteiger partial charge in [0.05, 0.1) is 25.4 Å². The summed E-state index contributed by atoms with van der Waals surface area (Å²) in [6.07, 6.45) is 1.76. The van der Waals surface area contributed by atoms with E-state index in [1.807, 2.05) is 42.5 Å². The number of hydrogen-bond acceptors (Lipinski definition) is 4. The molecule has 2 aromatic carbocycles. The summed E-state index contributed by atoms with van der Waals surface area (Å²) in [5.74, 6) is 1.44. The fourth-order valence-corrected chi connectivity index (χ4v) is 2.45. The van der Waals surface area contributed by atoms with Gasteiger partial charge in [-0.2, -0.15) is 0 Å². The monoisotopic (exact) mass is 314 g/mol. The number of ether oxygens (including phenoxy) is 2. The number of hydrogen-bond donors (Lipinski definition) is 1. The molecule has 3 aromatic rings. The maximum absolute atomic E-state index is 6.09. The predicted molar refractivity (Wildman–Crippen MR) is 89.6 cm³/mol. The molecule has 4 nitrogen and oxygen atoms in total. The lowest BCUT2D eigenvalue weighted by Gasteiger charge is -2.14. The Hall–Kier alpha value is -2.46. The molecule has 0 aliphatic heterocycles. The number of rotatable bonds is 4. The van der Waals surface area contributed by atoms with Gasteiger partial charge < -0.3 is 14.8 Å². The van der Waals surface area contributed by atoms with Gasteiger partial charge in [-0.15, -0.1) is 0 Å². The molecule has 0 amide bonds. The zero-order chi connectivity index (χ0) is 15.5. The first-order chi connectivity index (χ1) is 10.7. The van der Waals surface area contributed by atoms with Crippen molar-refractivity contribution in [3.8, 4) is 11.5 Å². The van der Waals surface area contributed by atoms with Crippen molar-refractivity contribution >= 4 is 33.9 Å². The Balaban J connectivity index is 2.05. The molecule has 0 fully saturated rings.